The minimum absolute atomic E-state index is 0.139. The molecule has 1 heterocycles. The summed E-state index contributed by atoms with van der Waals surface area (Å²) < 4.78 is 13.5. The zero-order chi connectivity index (χ0) is 22.3. The van der Waals surface area contributed by atoms with Crippen molar-refractivity contribution in [2.45, 2.75) is 20.8 Å². The van der Waals surface area contributed by atoms with Crippen LogP contribution in [-0.2, 0) is 9.59 Å². The number of benzene rings is 3. The zero-order valence-electron chi connectivity index (χ0n) is 17.3. The van der Waals surface area contributed by atoms with Crippen LogP contribution in [0.4, 0.5) is 15.8 Å². The number of amides is 2. The second-order valence-corrected chi connectivity index (χ2v) is 7.99. The van der Waals surface area contributed by atoms with E-state index in [0.29, 0.717) is 22.0 Å². The molecule has 4 nitrogen and oxygen atoms in total. The number of nitrogens with zero attached hydrogens (tertiary/aromatic N) is 1. The average Bonchev–Trinajstić information content (AvgIpc) is 2.97. The number of halogens is 2. The molecule has 2 amide bonds. The number of carbonyl (C=O) groups is 2. The normalized spacial score (nSPS) is 13.9. The second kappa shape index (κ2) is 8.00. The van der Waals surface area contributed by atoms with Crippen molar-refractivity contribution in [3.8, 4) is 0 Å². The molecular formula is C25H20ClFN2O2. The third-order valence-corrected chi connectivity index (χ3v) is 5.68. The van der Waals surface area contributed by atoms with Crippen LogP contribution in [0.1, 0.15) is 22.3 Å². The van der Waals surface area contributed by atoms with E-state index >= 15 is 0 Å². The first-order valence-electron chi connectivity index (χ1n) is 9.75. The molecule has 3 aromatic rings. The highest BCUT2D eigenvalue weighted by molar-refractivity contribution is 6.46. The van der Waals surface area contributed by atoms with Gasteiger partial charge in [-0.05, 0) is 67.8 Å². The Morgan fingerprint density at radius 3 is 2.19 bits per heavy atom. The van der Waals surface area contributed by atoms with Crippen molar-refractivity contribution in [1.82, 2.24) is 0 Å². The largest absolute Gasteiger partial charge is 0.350 e. The summed E-state index contributed by atoms with van der Waals surface area (Å²) in [6.07, 6.45) is 0. The van der Waals surface area contributed by atoms with Gasteiger partial charge in [0.1, 0.15) is 11.5 Å². The van der Waals surface area contributed by atoms with Crippen molar-refractivity contribution in [2.24, 2.45) is 0 Å². The molecule has 6 heteroatoms. The maximum absolute atomic E-state index is 13.5. The molecule has 0 saturated heterocycles. The van der Waals surface area contributed by atoms with Crippen molar-refractivity contribution < 1.29 is 14.0 Å². The molecule has 0 atom stereocenters. The van der Waals surface area contributed by atoms with Crippen LogP contribution in [-0.4, -0.2) is 11.8 Å². The van der Waals surface area contributed by atoms with Gasteiger partial charge in [-0.15, -0.1) is 0 Å². The van der Waals surface area contributed by atoms with Crippen LogP contribution in [0, 0.1) is 26.6 Å². The van der Waals surface area contributed by atoms with E-state index in [9.17, 15) is 14.0 Å². The highest BCUT2D eigenvalue weighted by atomic mass is 35.5. The second-order valence-electron chi connectivity index (χ2n) is 7.58. The van der Waals surface area contributed by atoms with Gasteiger partial charge in [0.05, 0.1) is 11.3 Å². The van der Waals surface area contributed by atoms with E-state index in [4.69, 9.17) is 11.6 Å². The number of hydrogen-bond donors (Lipinski definition) is 1. The van der Waals surface area contributed by atoms with Gasteiger partial charge in [0.25, 0.3) is 11.8 Å². The van der Waals surface area contributed by atoms with Crippen LogP contribution >= 0.6 is 11.6 Å². The Hall–Kier alpha value is -3.44. The molecule has 156 valence electrons. The van der Waals surface area contributed by atoms with Gasteiger partial charge < -0.3 is 5.32 Å². The molecule has 0 saturated carbocycles. The van der Waals surface area contributed by atoms with Crippen molar-refractivity contribution >= 4 is 40.4 Å². The molecule has 1 aliphatic heterocycles. The lowest BCUT2D eigenvalue weighted by atomic mass is 10.0. The van der Waals surface area contributed by atoms with Crippen LogP contribution < -0.4 is 10.2 Å². The Kier molecular flexibility index (Phi) is 5.38. The number of hydrogen-bond acceptors (Lipinski definition) is 3. The number of anilines is 2. The lowest BCUT2D eigenvalue weighted by molar-refractivity contribution is -0.120. The highest BCUT2D eigenvalue weighted by Gasteiger charge is 2.40. The third-order valence-electron chi connectivity index (χ3n) is 5.27. The van der Waals surface area contributed by atoms with Crippen LogP contribution in [0.2, 0.25) is 5.02 Å². The van der Waals surface area contributed by atoms with Gasteiger partial charge in [0.2, 0.25) is 0 Å². The third kappa shape index (κ3) is 3.84. The fourth-order valence-corrected chi connectivity index (χ4v) is 3.75. The van der Waals surface area contributed by atoms with Crippen LogP contribution in [0.15, 0.2) is 66.4 Å². The Labute approximate surface area is 185 Å². The van der Waals surface area contributed by atoms with Crippen LogP contribution in [0.3, 0.4) is 0 Å². The average molecular weight is 435 g/mol. The molecule has 0 aromatic heterocycles. The molecule has 0 unspecified atom stereocenters. The van der Waals surface area contributed by atoms with Crippen molar-refractivity contribution in [3.63, 3.8) is 0 Å². The smallest absolute Gasteiger partial charge is 0.282 e. The first-order valence-corrected chi connectivity index (χ1v) is 10.1. The van der Waals surface area contributed by atoms with E-state index in [2.05, 4.69) is 5.32 Å². The van der Waals surface area contributed by atoms with Gasteiger partial charge in [-0.25, -0.2) is 9.29 Å². The minimum atomic E-state index is -0.496. The highest BCUT2D eigenvalue weighted by Crippen LogP contribution is 2.35. The molecule has 31 heavy (non-hydrogen) atoms. The van der Waals surface area contributed by atoms with Gasteiger partial charge in [-0.2, -0.15) is 0 Å². The Balaban J connectivity index is 1.84. The van der Waals surface area contributed by atoms with E-state index < -0.39 is 17.6 Å². The van der Waals surface area contributed by atoms with Crippen molar-refractivity contribution in [3.05, 3.63) is 99.5 Å². The lowest BCUT2D eigenvalue weighted by Gasteiger charge is -2.16. The van der Waals surface area contributed by atoms with Gasteiger partial charge in [0, 0.05) is 10.7 Å². The molecule has 3 aromatic carbocycles. The number of carbonyl (C=O) groups excluding carboxylic acids is 2. The van der Waals surface area contributed by atoms with Gasteiger partial charge in [0.15, 0.2) is 0 Å². The lowest BCUT2D eigenvalue weighted by Crippen LogP contribution is -2.32. The monoisotopic (exact) mass is 434 g/mol. The van der Waals surface area contributed by atoms with Crippen molar-refractivity contribution in [2.75, 3.05) is 10.2 Å². The zero-order valence-corrected chi connectivity index (χ0v) is 18.0. The quantitative estimate of drug-likeness (QED) is 0.528. The topological polar surface area (TPSA) is 49.4 Å². The molecule has 1 N–H and O–H groups in total. The summed E-state index contributed by atoms with van der Waals surface area (Å²) in [5, 5.41) is 3.60. The summed E-state index contributed by atoms with van der Waals surface area (Å²) in [6.45, 7) is 5.74. The maximum atomic E-state index is 13.5. The van der Waals surface area contributed by atoms with E-state index in [1.807, 2.05) is 39.0 Å². The van der Waals surface area contributed by atoms with E-state index in [1.54, 1.807) is 18.2 Å². The molecule has 0 spiro atoms. The summed E-state index contributed by atoms with van der Waals surface area (Å²) >= 11 is 6.24. The standard InChI is InChI=1S/C25H20ClFN2O2/c1-14-4-11-21(16(3)12-14)28-23-22(17-6-8-18(27)9-7-17)24(30)29(25(23)31)19-10-5-15(2)20(26)13-19/h4-13,28H,1-3H3. The minimum Gasteiger partial charge on any atom is -0.350 e. The molecular weight excluding hydrogens is 415 g/mol. The van der Waals surface area contributed by atoms with Gasteiger partial charge in [-0.1, -0.05) is 47.5 Å². The Bertz CT molecular complexity index is 1250. The first-order chi connectivity index (χ1) is 14.8. The SMILES string of the molecule is Cc1ccc(NC2=C(c3ccc(F)cc3)C(=O)N(c3ccc(C)c(Cl)c3)C2=O)c(C)c1. The number of nitrogens with one attached hydrogen (secondary N) is 1. The molecule has 4 rings (SSSR count). The maximum Gasteiger partial charge on any atom is 0.282 e. The molecule has 0 fully saturated rings. The number of aryl methyl sites for hydroxylation is 3. The number of imide groups is 1. The van der Waals surface area contributed by atoms with Gasteiger partial charge in [-0.3, -0.25) is 9.59 Å². The fourth-order valence-electron chi connectivity index (χ4n) is 3.57. The van der Waals surface area contributed by atoms with E-state index in [1.165, 1.54) is 24.3 Å². The molecule has 1 aliphatic rings. The van der Waals surface area contributed by atoms with Gasteiger partial charge >= 0.3 is 0 Å². The van der Waals surface area contributed by atoms with Crippen LogP contribution in [0.5, 0.6) is 0 Å². The predicted octanol–water partition coefficient (Wildman–Crippen LogP) is 5.80. The summed E-state index contributed by atoms with van der Waals surface area (Å²) in [5.74, 6) is -1.42. The number of rotatable bonds is 4. The fraction of sp³-hybridized carbons (Fsp3) is 0.120. The molecule has 0 bridgehead atoms. The molecule has 0 aliphatic carbocycles. The summed E-state index contributed by atoms with van der Waals surface area (Å²) in [7, 11) is 0. The predicted molar refractivity (Wildman–Crippen MR) is 122 cm³/mol. The van der Waals surface area contributed by atoms with E-state index in [0.717, 1.165) is 21.6 Å². The summed E-state index contributed by atoms with van der Waals surface area (Å²) in [5.41, 5.74) is 4.72. The van der Waals surface area contributed by atoms with E-state index in [-0.39, 0.29) is 11.3 Å². The van der Waals surface area contributed by atoms with Crippen LogP contribution in [0.25, 0.3) is 5.57 Å². The van der Waals surface area contributed by atoms with Crippen molar-refractivity contribution in [1.29, 1.82) is 0 Å². The Morgan fingerprint density at radius 1 is 0.839 bits per heavy atom. The Morgan fingerprint density at radius 2 is 1.55 bits per heavy atom. The first kappa shape index (κ1) is 20.8. The summed E-state index contributed by atoms with van der Waals surface area (Å²) in [6, 6.07) is 16.3. The molecule has 0 radical (unpaired) electrons. The summed E-state index contributed by atoms with van der Waals surface area (Å²) in [4.78, 5) is 27.9.